The Bertz CT molecular complexity index is 632. The molecule has 0 N–H and O–H groups in total. The zero-order valence-electron chi connectivity index (χ0n) is 12.2. The van der Waals surface area contributed by atoms with Crippen molar-refractivity contribution < 1.29 is 4.79 Å². The molecule has 2 aromatic rings. The molecule has 5 heteroatoms. The first-order valence-corrected chi connectivity index (χ1v) is 9.66. The molecule has 21 heavy (non-hydrogen) atoms. The second kappa shape index (κ2) is 6.88. The van der Waals surface area contributed by atoms with E-state index < -0.39 is 0 Å². The number of nitrogens with zero attached hydrogens (tertiary/aromatic N) is 2. The Morgan fingerprint density at radius 3 is 3.00 bits per heavy atom. The van der Waals surface area contributed by atoms with E-state index in [1.54, 1.807) is 0 Å². The van der Waals surface area contributed by atoms with Crippen molar-refractivity contribution in [1.29, 1.82) is 0 Å². The van der Waals surface area contributed by atoms with E-state index in [0.717, 1.165) is 41.3 Å². The minimum absolute atomic E-state index is 0.152. The van der Waals surface area contributed by atoms with Gasteiger partial charge in [0, 0.05) is 23.8 Å². The standard InChI is InChI=1S/C16H20N2OS2/c1-2-7-18-13-6-4-3-5-12(13)17-16(18)10-14(19)15-11-20-8-9-21-15/h3-6,15H,2,7-11H2,1H3. The monoisotopic (exact) mass is 320 g/mol. The predicted molar refractivity (Wildman–Crippen MR) is 92.3 cm³/mol. The van der Waals surface area contributed by atoms with Crippen molar-refractivity contribution >= 4 is 40.3 Å². The summed E-state index contributed by atoms with van der Waals surface area (Å²) in [4.78, 5) is 17.2. The van der Waals surface area contributed by atoms with Crippen LogP contribution in [0.3, 0.4) is 0 Å². The Hall–Kier alpha value is -0.940. The summed E-state index contributed by atoms with van der Waals surface area (Å²) in [6.45, 7) is 3.09. The number of thioether (sulfide) groups is 2. The number of aryl methyl sites for hydroxylation is 1. The number of carbonyl (C=O) groups excluding carboxylic acids is 1. The number of carbonyl (C=O) groups is 1. The van der Waals surface area contributed by atoms with Gasteiger partial charge in [-0.25, -0.2) is 4.98 Å². The normalized spacial score (nSPS) is 19.0. The maximum absolute atomic E-state index is 12.5. The molecule has 3 rings (SSSR count). The quantitative estimate of drug-likeness (QED) is 0.846. The molecule has 1 atom stereocenters. The van der Waals surface area contributed by atoms with Crippen LogP contribution < -0.4 is 0 Å². The van der Waals surface area contributed by atoms with Crippen LogP contribution in [0.15, 0.2) is 24.3 Å². The number of hydrogen-bond acceptors (Lipinski definition) is 4. The van der Waals surface area contributed by atoms with Crippen LogP contribution in [-0.4, -0.2) is 37.8 Å². The zero-order chi connectivity index (χ0) is 14.7. The van der Waals surface area contributed by atoms with Crippen molar-refractivity contribution in [2.24, 2.45) is 0 Å². The number of hydrogen-bond donors (Lipinski definition) is 0. The lowest BCUT2D eigenvalue weighted by Gasteiger charge is -2.19. The topological polar surface area (TPSA) is 34.9 Å². The number of fused-ring (bicyclic) bond motifs is 1. The Morgan fingerprint density at radius 2 is 2.24 bits per heavy atom. The molecule has 1 saturated heterocycles. The molecular formula is C16H20N2OS2. The Labute approximate surface area is 133 Å². The highest BCUT2D eigenvalue weighted by Crippen LogP contribution is 2.26. The molecule has 0 radical (unpaired) electrons. The number of Topliss-reactive ketones (excluding diaryl/α,β-unsaturated/α-hetero) is 1. The number of rotatable bonds is 5. The van der Waals surface area contributed by atoms with Crippen LogP contribution in [0.1, 0.15) is 19.2 Å². The van der Waals surface area contributed by atoms with Crippen LogP contribution in [0.25, 0.3) is 11.0 Å². The van der Waals surface area contributed by atoms with Gasteiger partial charge in [-0.1, -0.05) is 19.1 Å². The number of aromatic nitrogens is 2. The van der Waals surface area contributed by atoms with E-state index in [4.69, 9.17) is 4.98 Å². The van der Waals surface area contributed by atoms with Gasteiger partial charge >= 0.3 is 0 Å². The molecule has 1 unspecified atom stereocenters. The minimum atomic E-state index is 0.152. The summed E-state index contributed by atoms with van der Waals surface area (Å²) in [5.74, 6) is 4.48. The molecule has 1 aromatic heterocycles. The molecule has 1 aromatic carbocycles. The molecule has 0 spiro atoms. The molecular weight excluding hydrogens is 300 g/mol. The summed E-state index contributed by atoms with van der Waals surface area (Å²) in [6, 6.07) is 8.16. The maximum atomic E-state index is 12.5. The van der Waals surface area contributed by atoms with E-state index in [2.05, 4.69) is 17.6 Å². The van der Waals surface area contributed by atoms with E-state index >= 15 is 0 Å². The SMILES string of the molecule is CCCn1c(CC(=O)C2CSCCS2)nc2ccccc21. The lowest BCUT2D eigenvalue weighted by Crippen LogP contribution is -2.26. The highest BCUT2D eigenvalue weighted by atomic mass is 32.2. The van der Waals surface area contributed by atoms with Crippen molar-refractivity contribution in [2.75, 3.05) is 17.3 Å². The van der Waals surface area contributed by atoms with E-state index in [1.807, 2.05) is 41.7 Å². The van der Waals surface area contributed by atoms with Gasteiger partial charge in [-0.2, -0.15) is 11.8 Å². The molecule has 1 aliphatic rings. The number of ketones is 1. The van der Waals surface area contributed by atoms with E-state index in [-0.39, 0.29) is 5.25 Å². The molecule has 0 aliphatic carbocycles. The minimum Gasteiger partial charge on any atom is -0.328 e. The van der Waals surface area contributed by atoms with E-state index in [1.165, 1.54) is 5.75 Å². The largest absolute Gasteiger partial charge is 0.328 e. The van der Waals surface area contributed by atoms with Gasteiger partial charge in [-0.3, -0.25) is 4.79 Å². The molecule has 0 bridgehead atoms. The third-order valence-corrected chi connectivity index (χ3v) is 6.49. The zero-order valence-corrected chi connectivity index (χ0v) is 13.9. The Balaban J connectivity index is 1.85. The summed E-state index contributed by atoms with van der Waals surface area (Å²) < 4.78 is 2.22. The highest BCUT2D eigenvalue weighted by Gasteiger charge is 2.24. The van der Waals surface area contributed by atoms with E-state index in [9.17, 15) is 4.79 Å². The van der Waals surface area contributed by atoms with E-state index in [0.29, 0.717) is 12.2 Å². The number of benzene rings is 1. The first kappa shape index (κ1) is 15.0. The molecule has 0 amide bonds. The summed E-state index contributed by atoms with van der Waals surface area (Å²) in [5, 5.41) is 0.152. The van der Waals surface area contributed by atoms with Crippen molar-refractivity contribution in [2.45, 2.75) is 31.6 Å². The van der Waals surface area contributed by atoms with Gasteiger partial charge in [0.15, 0.2) is 5.78 Å². The predicted octanol–water partition coefficient (Wildman–Crippen LogP) is 3.41. The van der Waals surface area contributed by atoms with Crippen LogP contribution in [0.4, 0.5) is 0 Å². The first-order chi connectivity index (χ1) is 10.3. The van der Waals surface area contributed by atoms with Crippen LogP contribution in [0, 0.1) is 0 Å². The van der Waals surface area contributed by atoms with Crippen LogP contribution in [0.2, 0.25) is 0 Å². The fraction of sp³-hybridized carbons (Fsp3) is 0.500. The first-order valence-electron chi connectivity index (χ1n) is 7.45. The molecule has 1 aliphatic heterocycles. The summed E-state index contributed by atoms with van der Waals surface area (Å²) in [6.07, 6.45) is 1.52. The third kappa shape index (κ3) is 3.29. The van der Waals surface area contributed by atoms with Gasteiger partial charge in [0.25, 0.3) is 0 Å². The summed E-state index contributed by atoms with van der Waals surface area (Å²) >= 11 is 3.70. The van der Waals surface area contributed by atoms with Crippen LogP contribution in [0.5, 0.6) is 0 Å². The molecule has 0 saturated carbocycles. The second-order valence-corrected chi connectivity index (χ2v) is 7.71. The highest BCUT2D eigenvalue weighted by molar-refractivity contribution is 8.07. The average molecular weight is 320 g/mol. The molecule has 112 valence electrons. The summed E-state index contributed by atoms with van der Waals surface area (Å²) in [7, 11) is 0. The molecule has 1 fully saturated rings. The smallest absolute Gasteiger partial charge is 0.154 e. The van der Waals surface area contributed by atoms with Crippen LogP contribution in [-0.2, 0) is 17.8 Å². The van der Waals surface area contributed by atoms with Crippen molar-refractivity contribution in [3.8, 4) is 0 Å². The van der Waals surface area contributed by atoms with Gasteiger partial charge in [0.1, 0.15) is 5.82 Å². The maximum Gasteiger partial charge on any atom is 0.154 e. The fourth-order valence-corrected chi connectivity index (χ4v) is 5.33. The van der Waals surface area contributed by atoms with Crippen molar-refractivity contribution in [1.82, 2.24) is 9.55 Å². The van der Waals surface area contributed by atoms with Crippen molar-refractivity contribution in [3.63, 3.8) is 0 Å². The average Bonchev–Trinajstić information content (AvgIpc) is 2.86. The van der Waals surface area contributed by atoms with Gasteiger partial charge in [0.05, 0.1) is 22.7 Å². The summed E-state index contributed by atoms with van der Waals surface area (Å²) in [5.41, 5.74) is 2.15. The van der Waals surface area contributed by atoms with Gasteiger partial charge in [-0.15, -0.1) is 11.8 Å². The van der Waals surface area contributed by atoms with Gasteiger partial charge in [-0.05, 0) is 18.6 Å². The Kier molecular flexibility index (Phi) is 4.91. The van der Waals surface area contributed by atoms with Crippen LogP contribution >= 0.6 is 23.5 Å². The van der Waals surface area contributed by atoms with Gasteiger partial charge < -0.3 is 4.57 Å². The van der Waals surface area contributed by atoms with Crippen molar-refractivity contribution in [3.05, 3.63) is 30.1 Å². The fourth-order valence-electron chi connectivity index (χ4n) is 2.68. The lowest BCUT2D eigenvalue weighted by molar-refractivity contribution is -0.117. The third-order valence-electron chi connectivity index (χ3n) is 3.69. The molecule has 2 heterocycles. The number of para-hydroxylation sites is 2. The van der Waals surface area contributed by atoms with Gasteiger partial charge in [0.2, 0.25) is 0 Å². The molecule has 3 nitrogen and oxygen atoms in total. The lowest BCUT2D eigenvalue weighted by atomic mass is 10.2. The number of imidazole rings is 1. The second-order valence-electron chi connectivity index (χ2n) is 5.25. The Morgan fingerprint density at radius 1 is 1.38 bits per heavy atom.